The summed E-state index contributed by atoms with van der Waals surface area (Å²) < 4.78 is 54.2. The van der Waals surface area contributed by atoms with Gasteiger partial charge in [0, 0.05) is 12.8 Å². The first kappa shape index (κ1) is 60.1. The van der Waals surface area contributed by atoms with Crippen LogP contribution in [0.3, 0.4) is 0 Å². The summed E-state index contributed by atoms with van der Waals surface area (Å²) in [6, 6.07) is 0. The lowest BCUT2D eigenvalue weighted by molar-refractivity contribution is -0.297. The van der Waals surface area contributed by atoms with Gasteiger partial charge in [-0.25, -0.2) is 0 Å². The molecule has 0 aromatic heterocycles. The Bertz CT molecular complexity index is 1270. The standard InChI is InChI=1S/C51H94O12S/c1-3-5-7-9-11-13-15-17-19-21-22-24-25-27-29-31-33-35-37-39-46(52)60-41-44(42-61-51-50(56)49(55)48(54)45(63-51)43-64(57,58)59)62-47(53)40-38-36-34-32-30-28-26-23-20-18-16-14-12-10-8-6-4-2/h14,16-17,19,44-45,48-51,54-56H,3-13,15,18,20-43H2,1-2H3,(H,57,58,59)/b16-14+,19-17+/t44-,45-,48-,49?,50?,51+/m1/s1. The molecular weight excluding hydrogens is 837 g/mol. The lowest BCUT2D eigenvalue weighted by atomic mass is 10.00. The molecule has 376 valence electrons. The zero-order chi connectivity index (χ0) is 46.9. The summed E-state index contributed by atoms with van der Waals surface area (Å²) in [5.74, 6) is -1.98. The van der Waals surface area contributed by atoms with Crippen LogP contribution in [0.1, 0.15) is 232 Å². The number of esters is 2. The van der Waals surface area contributed by atoms with Gasteiger partial charge in [-0.05, 0) is 64.2 Å². The third-order valence-corrected chi connectivity index (χ3v) is 12.8. The van der Waals surface area contributed by atoms with Crippen molar-refractivity contribution in [1.82, 2.24) is 0 Å². The normalized spacial score (nSPS) is 19.8. The molecular formula is C51H94O12S. The number of carbonyl (C=O) groups is 2. The fourth-order valence-corrected chi connectivity index (χ4v) is 8.65. The number of ether oxygens (including phenoxy) is 4. The highest BCUT2D eigenvalue weighted by Gasteiger charge is 2.46. The van der Waals surface area contributed by atoms with Crippen molar-refractivity contribution >= 4 is 22.1 Å². The van der Waals surface area contributed by atoms with E-state index in [4.69, 9.17) is 18.9 Å². The molecule has 1 rings (SSSR count). The molecule has 0 aromatic carbocycles. The molecule has 1 fully saturated rings. The highest BCUT2D eigenvalue weighted by Crippen LogP contribution is 2.24. The monoisotopic (exact) mass is 931 g/mol. The van der Waals surface area contributed by atoms with Gasteiger partial charge < -0.3 is 34.3 Å². The molecule has 0 aromatic rings. The number of aliphatic hydroxyl groups excluding tert-OH is 3. The van der Waals surface area contributed by atoms with Gasteiger partial charge in [-0.2, -0.15) is 8.42 Å². The van der Waals surface area contributed by atoms with Crippen LogP contribution in [0.5, 0.6) is 0 Å². The van der Waals surface area contributed by atoms with Crippen LogP contribution < -0.4 is 0 Å². The minimum absolute atomic E-state index is 0.164. The van der Waals surface area contributed by atoms with Crippen LogP contribution in [-0.2, 0) is 38.7 Å². The number of aliphatic hydroxyl groups is 3. The molecule has 0 bridgehead atoms. The van der Waals surface area contributed by atoms with E-state index >= 15 is 0 Å². The van der Waals surface area contributed by atoms with Gasteiger partial charge in [-0.3, -0.25) is 14.1 Å². The maximum Gasteiger partial charge on any atom is 0.306 e. The molecule has 0 radical (unpaired) electrons. The summed E-state index contributed by atoms with van der Waals surface area (Å²) in [5.41, 5.74) is 0. The molecule has 12 nitrogen and oxygen atoms in total. The van der Waals surface area contributed by atoms with E-state index in [9.17, 15) is 37.9 Å². The molecule has 1 saturated heterocycles. The van der Waals surface area contributed by atoms with E-state index in [1.807, 2.05) is 0 Å². The quantitative estimate of drug-likeness (QED) is 0.0196. The Kier molecular flexibility index (Phi) is 38.8. The van der Waals surface area contributed by atoms with Crippen molar-refractivity contribution in [3.8, 4) is 0 Å². The topological polar surface area (TPSA) is 186 Å². The largest absolute Gasteiger partial charge is 0.462 e. The van der Waals surface area contributed by atoms with Gasteiger partial charge in [0.05, 0.1) is 6.61 Å². The summed E-state index contributed by atoms with van der Waals surface area (Å²) >= 11 is 0. The smallest absolute Gasteiger partial charge is 0.306 e. The van der Waals surface area contributed by atoms with Crippen LogP contribution in [-0.4, -0.2) is 96.0 Å². The summed E-state index contributed by atoms with van der Waals surface area (Å²) in [7, 11) is -4.60. The first-order chi connectivity index (χ1) is 31.0. The molecule has 1 aliphatic heterocycles. The van der Waals surface area contributed by atoms with E-state index in [0.29, 0.717) is 12.8 Å². The van der Waals surface area contributed by atoms with Gasteiger partial charge in [-0.15, -0.1) is 0 Å². The molecule has 13 heteroatoms. The van der Waals surface area contributed by atoms with Crippen LogP contribution >= 0.6 is 0 Å². The predicted octanol–water partition coefficient (Wildman–Crippen LogP) is 11.6. The molecule has 64 heavy (non-hydrogen) atoms. The fourth-order valence-electron chi connectivity index (χ4n) is 7.96. The Morgan fingerprint density at radius 2 is 0.891 bits per heavy atom. The average molecular weight is 931 g/mol. The number of hydrogen-bond acceptors (Lipinski definition) is 11. The molecule has 2 unspecified atom stereocenters. The van der Waals surface area contributed by atoms with Crippen LogP contribution in [0.2, 0.25) is 0 Å². The van der Waals surface area contributed by atoms with Crippen LogP contribution in [0.15, 0.2) is 24.3 Å². The maximum atomic E-state index is 12.9. The van der Waals surface area contributed by atoms with E-state index < -0.39 is 71.2 Å². The predicted molar refractivity (Wildman–Crippen MR) is 256 cm³/mol. The number of unbranched alkanes of at least 4 members (excludes halogenated alkanes) is 28. The van der Waals surface area contributed by atoms with Gasteiger partial charge in [0.2, 0.25) is 0 Å². The number of hydrogen-bond donors (Lipinski definition) is 4. The zero-order valence-corrected chi connectivity index (χ0v) is 41.2. The second kappa shape index (κ2) is 41.3. The molecule has 0 aliphatic carbocycles. The first-order valence-corrected chi connectivity index (χ1v) is 27.5. The summed E-state index contributed by atoms with van der Waals surface area (Å²) in [6.45, 7) is 3.77. The Labute approximate surface area is 389 Å². The molecule has 0 amide bonds. The van der Waals surface area contributed by atoms with E-state index in [1.54, 1.807) is 0 Å². The minimum atomic E-state index is -4.60. The van der Waals surface area contributed by atoms with Crippen molar-refractivity contribution in [1.29, 1.82) is 0 Å². The number of rotatable bonds is 44. The Morgan fingerprint density at radius 3 is 1.31 bits per heavy atom. The Hall–Kier alpha value is -1.87. The van der Waals surface area contributed by atoms with Crippen molar-refractivity contribution in [3.05, 3.63) is 24.3 Å². The second-order valence-corrected chi connectivity index (χ2v) is 19.7. The van der Waals surface area contributed by atoms with Gasteiger partial charge >= 0.3 is 11.9 Å². The van der Waals surface area contributed by atoms with Crippen LogP contribution in [0, 0.1) is 0 Å². The van der Waals surface area contributed by atoms with Crippen molar-refractivity contribution in [2.24, 2.45) is 0 Å². The van der Waals surface area contributed by atoms with Gasteiger partial charge in [0.25, 0.3) is 10.1 Å². The summed E-state index contributed by atoms with van der Waals surface area (Å²) in [6.07, 6.45) is 37.8. The minimum Gasteiger partial charge on any atom is -0.462 e. The summed E-state index contributed by atoms with van der Waals surface area (Å²) in [5, 5.41) is 31.0. The molecule has 0 spiro atoms. The van der Waals surface area contributed by atoms with E-state index in [-0.39, 0.29) is 19.4 Å². The average Bonchev–Trinajstić information content (AvgIpc) is 3.26. The van der Waals surface area contributed by atoms with Crippen molar-refractivity contribution < 1.29 is 56.8 Å². The van der Waals surface area contributed by atoms with Gasteiger partial charge in [-0.1, -0.05) is 179 Å². The lowest BCUT2D eigenvalue weighted by Crippen LogP contribution is -2.60. The van der Waals surface area contributed by atoms with Crippen molar-refractivity contribution in [2.45, 2.75) is 269 Å². The molecule has 1 heterocycles. The number of allylic oxidation sites excluding steroid dienone is 4. The van der Waals surface area contributed by atoms with Crippen molar-refractivity contribution in [3.63, 3.8) is 0 Å². The third-order valence-electron chi connectivity index (χ3n) is 12.0. The fraction of sp³-hybridized carbons (Fsp3) is 0.882. The van der Waals surface area contributed by atoms with Gasteiger partial charge in [0.1, 0.15) is 36.8 Å². The number of carbonyl (C=O) groups excluding carboxylic acids is 2. The van der Waals surface area contributed by atoms with Crippen molar-refractivity contribution in [2.75, 3.05) is 19.0 Å². The van der Waals surface area contributed by atoms with E-state index in [0.717, 1.165) is 38.5 Å². The molecule has 0 saturated carbocycles. The highest BCUT2D eigenvalue weighted by atomic mass is 32.2. The zero-order valence-electron chi connectivity index (χ0n) is 40.4. The van der Waals surface area contributed by atoms with E-state index in [2.05, 4.69) is 38.2 Å². The van der Waals surface area contributed by atoms with Gasteiger partial charge in [0.15, 0.2) is 12.4 Å². The van der Waals surface area contributed by atoms with Crippen LogP contribution in [0.25, 0.3) is 0 Å². The summed E-state index contributed by atoms with van der Waals surface area (Å²) in [4.78, 5) is 25.5. The molecule has 4 N–H and O–H groups in total. The van der Waals surface area contributed by atoms with Crippen LogP contribution in [0.4, 0.5) is 0 Å². The Balaban J connectivity index is 2.37. The Morgan fingerprint density at radius 1 is 0.516 bits per heavy atom. The first-order valence-electron chi connectivity index (χ1n) is 25.9. The SMILES string of the molecule is CCCCCC/C=C/CCCCCCCCCCCC(=O)O[C@H](COC(=O)CCCCCCCCCCC/C=C/CCCCCCCC)CO[C@H]1O[C@H](CS(=O)(=O)O)[C@@H](O)C(O)C1O. The lowest BCUT2D eigenvalue weighted by Gasteiger charge is -2.40. The third kappa shape index (κ3) is 35.3. The second-order valence-electron chi connectivity index (χ2n) is 18.2. The highest BCUT2D eigenvalue weighted by molar-refractivity contribution is 7.85. The molecule has 1 aliphatic rings. The maximum absolute atomic E-state index is 12.9. The molecule has 6 atom stereocenters. The van der Waals surface area contributed by atoms with E-state index in [1.165, 1.54) is 154 Å².